The van der Waals surface area contributed by atoms with Crippen LogP contribution in [-0.2, 0) is 9.59 Å². The number of carbonyl (C=O) groups excluding carboxylic acids is 1. The monoisotopic (exact) mass is 266 g/mol. The van der Waals surface area contributed by atoms with E-state index in [1.807, 2.05) is 0 Å². The summed E-state index contributed by atoms with van der Waals surface area (Å²) in [5.41, 5.74) is 6.06. The molecule has 19 heavy (non-hydrogen) atoms. The van der Waals surface area contributed by atoms with Crippen LogP contribution < -0.4 is 5.73 Å². The minimum atomic E-state index is -0.882. The fourth-order valence-corrected chi connectivity index (χ4v) is 3.99. The zero-order valence-electron chi connectivity index (χ0n) is 11.5. The third-order valence-corrected chi connectivity index (χ3v) is 5.69. The predicted octanol–water partition coefficient (Wildman–Crippen LogP) is 0.681. The summed E-state index contributed by atoms with van der Waals surface area (Å²) < 4.78 is 0. The van der Waals surface area contributed by atoms with Crippen molar-refractivity contribution >= 4 is 11.9 Å². The van der Waals surface area contributed by atoms with E-state index in [4.69, 9.17) is 5.73 Å². The number of hydrogen-bond acceptors (Lipinski definition) is 3. The van der Waals surface area contributed by atoms with E-state index in [9.17, 15) is 14.7 Å². The van der Waals surface area contributed by atoms with Crippen molar-refractivity contribution in [3.63, 3.8) is 0 Å². The van der Waals surface area contributed by atoms with Gasteiger partial charge < -0.3 is 15.7 Å². The summed E-state index contributed by atoms with van der Waals surface area (Å²) in [6.45, 7) is 4.74. The summed E-state index contributed by atoms with van der Waals surface area (Å²) in [6, 6.07) is -1.17. The second kappa shape index (κ2) is 3.95. The van der Waals surface area contributed by atoms with Crippen LogP contribution in [0.3, 0.4) is 0 Å². The average molecular weight is 266 g/mol. The Morgan fingerprint density at radius 3 is 2.47 bits per heavy atom. The minimum Gasteiger partial charge on any atom is -0.480 e. The number of fused-ring (bicyclic) bond motifs is 1. The third-order valence-electron chi connectivity index (χ3n) is 5.69. The zero-order chi connectivity index (χ0) is 13.9. The number of amides is 1. The van der Waals surface area contributed by atoms with Crippen molar-refractivity contribution in [2.45, 2.75) is 45.2 Å². The molecule has 0 aromatic carbocycles. The molecule has 1 aliphatic heterocycles. The number of nitrogens with two attached hydrogens (primary N) is 1. The van der Waals surface area contributed by atoms with E-state index < -0.39 is 18.1 Å². The lowest BCUT2D eigenvalue weighted by atomic mass is 9.79. The molecule has 106 valence electrons. The first-order valence-electron chi connectivity index (χ1n) is 7.14. The summed E-state index contributed by atoms with van der Waals surface area (Å²) in [7, 11) is 0. The van der Waals surface area contributed by atoms with Crippen LogP contribution in [-0.4, -0.2) is 40.5 Å². The van der Waals surface area contributed by atoms with Gasteiger partial charge >= 0.3 is 5.97 Å². The lowest BCUT2D eigenvalue weighted by Gasteiger charge is -2.35. The first-order chi connectivity index (χ1) is 8.85. The maximum Gasteiger partial charge on any atom is 0.326 e. The normalized spacial score (nSPS) is 37.4. The molecule has 0 spiro atoms. The van der Waals surface area contributed by atoms with Gasteiger partial charge in [-0.25, -0.2) is 4.79 Å². The quantitative estimate of drug-likeness (QED) is 0.787. The van der Waals surface area contributed by atoms with Crippen molar-refractivity contribution in [1.82, 2.24) is 4.90 Å². The molecular formula is C14H22N2O3. The minimum absolute atomic E-state index is 0.0560. The van der Waals surface area contributed by atoms with Crippen LogP contribution in [0.5, 0.6) is 0 Å². The van der Waals surface area contributed by atoms with Gasteiger partial charge in [-0.3, -0.25) is 4.79 Å². The number of piperidine rings is 1. The summed E-state index contributed by atoms with van der Waals surface area (Å²) >= 11 is 0. The molecule has 3 N–H and O–H groups in total. The van der Waals surface area contributed by atoms with Gasteiger partial charge in [-0.15, -0.1) is 0 Å². The smallest absolute Gasteiger partial charge is 0.326 e. The molecule has 1 amide bonds. The van der Waals surface area contributed by atoms with Gasteiger partial charge in [0.15, 0.2) is 0 Å². The van der Waals surface area contributed by atoms with Crippen molar-refractivity contribution in [3.8, 4) is 0 Å². The molecule has 1 heterocycles. The molecule has 2 aliphatic carbocycles. The van der Waals surface area contributed by atoms with E-state index in [1.54, 1.807) is 0 Å². The Balaban J connectivity index is 1.74. The van der Waals surface area contributed by atoms with Crippen LogP contribution in [0, 0.1) is 23.2 Å². The fraction of sp³-hybridized carbons (Fsp3) is 0.857. The van der Waals surface area contributed by atoms with Gasteiger partial charge in [0.25, 0.3) is 0 Å². The van der Waals surface area contributed by atoms with Gasteiger partial charge in [0, 0.05) is 12.5 Å². The second-order valence-corrected chi connectivity index (χ2v) is 6.94. The highest BCUT2D eigenvalue weighted by Crippen LogP contribution is 2.64. The maximum atomic E-state index is 12.4. The Hall–Kier alpha value is -1.10. The number of carboxylic acid groups (broad SMARTS) is 1. The Morgan fingerprint density at radius 1 is 1.37 bits per heavy atom. The Bertz CT molecular complexity index is 430. The predicted molar refractivity (Wildman–Crippen MR) is 69.2 cm³/mol. The largest absolute Gasteiger partial charge is 0.480 e. The van der Waals surface area contributed by atoms with E-state index in [2.05, 4.69) is 13.8 Å². The summed E-state index contributed by atoms with van der Waals surface area (Å²) in [5, 5.41) is 9.42. The molecule has 5 nitrogen and oxygen atoms in total. The van der Waals surface area contributed by atoms with Crippen molar-refractivity contribution in [2.75, 3.05) is 6.54 Å². The van der Waals surface area contributed by atoms with Crippen molar-refractivity contribution in [3.05, 3.63) is 0 Å². The second-order valence-electron chi connectivity index (χ2n) is 6.94. The molecular weight excluding hydrogens is 244 g/mol. The topological polar surface area (TPSA) is 83.6 Å². The molecule has 3 fully saturated rings. The molecule has 0 aromatic rings. The number of nitrogens with zero attached hydrogens (tertiary/aromatic N) is 1. The molecule has 0 radical (unpaired) electrons. The number of aliphatic carboxylic acids is 1. The van der Waals surface area contributed by atoms with Crippen LogP contribution in [0.2, 0.25) is 0 Å². The third kappa shape index (κ3) is 1.71. The molecule has 4 atom stereocenters. The lowest BCUT2D eigenvalue weighted by molar-refractivity contribution is -0.151. The molecule has 2 saturated carbocycles. The molecule has 1 saturated heterocycles. The highest BCUT2D eigenvalue weighted by molar-refractivity contribution is 5.88. The standard InChI is InChI=1S/C14H22N2O3/c1-14(2)8-6-16(11(9(8)14)13(18)19)12(17)10(15)7-4-3-5-7/h7-11H,3-6,15H2,1-2H3,(H,18,19)/t8-,9-,10-,11-/m0/s1. The number of hydrogen-bond donors (Lipinski definition) is 2. The Kier molecular flexibility index (Phi) is 2.68. The molecule has 0 aromatic heterocycles. The van der Waals surface area contributed by atoms with E-state index in [0.717, 1.165) is 19.3 Å². The summed E-state index contributed by atoms with van der Waals surface area (Å²) in [4.78, 5) is 25.4. The van der Waals surface area contributed by atoms with Crippen LogP contribution in [0.1, 0.15) is 33.1 Å². The average Bonchev–Trinajstić information content (AvgIpc) is 2.67. The molecule has 0 unspecified atom stereocenters. The lowest BCUT2D eigenvalue weighted by Crippen LogP contribution is -2.54. The Morgan fingerprint density at radius 2 is 2.00 bits per heavy atom. The van der Waals surface area contributed by atoms with Crippen LogP contribution in [0.15, 0.2) is 0 Å². The van der Waals surface area contributed by atoms with E-state index in [0.29, 0.717) is 12.5 Å². The summed E-state index contributed by atoms with van der Waals surface area (Å²) in [5.74, 6) is -0.354. The van der Waals surface area contributed by atoms with Crippen LogP contribution in [0.25, 0.3) is 0 Å². The first kappa shape index (κ1) is 12.9. The van der Waals surface area contributed by atoms with Gasteiger partial charge in [-0.05, 0) is 30.1 Å². The number of likely N-dealkylation sites (tertiary alicyclic amines) is 1. The maximum absolute atomic E-state index is 12.4. The highest BCUT2D eigenvalue weighted by Gasteiger charge is 2.69. The van der Waals surface area contributed by atoms with E-state index in [-0.39, 0.29) is 23.2 Å². The Labute approximate surface area is 113 Å². The van der Waals surface area contributed by atoms with E-state index >= 15 is 0 Å². The van der Waals surface area contributed by atoms with Gasteiger partial charge in [0.05, 0.1) is 6.04 Å². The molecule has 5 heteroatoms. The number of carboxylic acids is 1. The van der Waals surface area contributed by atoms with Crippen molar-refractivity contribution in [1.29, 1.82) is 0 Å². The van der Waals surface area contributed by atoms with Crippen molar-refractivity contribution < 1.29 is 14.7 Å². The molecule has 3 aliphatic rings. The van der Waals surface area contributed by atoms with Gasteiger partial charge in [0.2, 0.25) is 5.91 Å². The molecule has 0 bridgehead atoms. The van der Waals surface area contributed by atoms with Gasteiger partial charge in [0.1, 0.15) is 6.04 Å². The number of rotatable bonds is 3. The first-order valence-corrected chi connectivity index (χ1v) is 7.14. The van der Waals surface area contributed by atoms with Crippen molar-refractivity contribution in [2.24, 2.45) is 28.9 Å². The molecule has 3 rings (SSSR count). The SMILES string of the molecule is CC1(C)[C@@H]2[C@@H](C(=O)O)N(C(=O)[C@@H](N)C3CCC3)C[C@@H]21. The van der Waals surface area contributed by atoms with Crippen LogP contribution in [0.4, 0.5) is 0 Å². The van der Waals surface area contributed by atoms with Crippen LogP contribution >= 0.6 is 0 Å². The van der Waals surface area contributed by atoms with Gasteiger partial charge in [-0.1, -0.05) is 20.3 Å². The summed E-state index contributed by atoms with van der Waals surface area (Å²) in [6.07, 6.45) is 3.12. The number of carbonyl (C=O) groups is 2. The van der Waals surface area contributed by atoms with E-state index in [1.165, 1.54) is 4.90 Å². The van der Waals surface area contributed by atoms with Gasteiger partial charge in [-0.2, -0.15) is 0 Å². The highest BCUT2D eigenvalue weighted by atomic mass is 16.4. The zero-order valence-corrected chi connectivity index (χ0v) is 11.5. The fourth-order valence-electron chi connectivity index (χ4n) is 3.99.